The van der Waals surface area contributed by atoms with Gasteiger partial charge in [-0.2, -0.15) is 0 Å². The van der Waals surface area contributed by atoms with E-state index in [0.29, 0.717) is 30.2 Å². The van der Waals surface area contributed by atoms with Crippen molar-refractivity contribution in [3.63, 3.8) is 0 Å². The lowest BCUT2D eigenvalue weighted by atomic mass is 10.0. The van der Waals surface area contributed by atoms with Crippen LogP contribution in [0.5, 0.6) is 0 Å². The van der Waals surface area contributed by atoms with Crippen LogP contribution in [0, 0.1) is 0 Å². The van der Waals surface area contributed by atoms with E-state index in [1.165, 1.54) is 0 Å². The number of ketones is 1. The number of carbonyl (C=O) groups is 1. The van der Waals surface area contributed by atoms with Gasteiger partial charge in [0.15, 0.2) is 5.78 Å². The number of Topliss-reactive ketones (excluding diaryl/α,β-unsaturated/α-hetero) is 1. The van der Waals surface area contributed by atoms with Crippen molar-refractivity contribution in [2.24, 2.45) is 0 Å². The molecule has 0 amide bonds. The van der Waals surface area contributed by atoms with Crippen molar-refractivity contribution >= 4 is 17.4 Å². The Balaban J connectivity index is 1.38. The summed E-state index contributed by atoms with van der Waals surface area (Å²) in [6, 6.07) is 22.5. The summed E-state index contributed by atoms with van der Waals surface area (Å²) in [6.07, 6.45) is 3.73. The third-order valence-electron chi connectivity index (χ3n) is 4.72. The fourth-order valence-electron chi connectivity index (χ4n) is 3.06. The lowest BCUT2D eigenvalue weighted by Crippen LogP contribution is -2.07. The number of hydrogen-bond donors (Lipinski definition) is 2. The highest BCUT2D eigenvalue weighted by atomic mass is 16.1. The van der Waals surface area contributed by atoms with Crippen LogP contribution in [-0.2, 0) is 13.0 Å². The molecule has 6 heteroatoms. The van der Waals surface area contributed by atoms with Crippen molar-refractivity contribution in [1.82, 2.24) is 15.0 Å². The third-order valence-corrected chi connectivity index (χ3v) is 4.72. The van der Waals surface area contributed by atoms with Gasteiger partial charge >= 0.3 is 0 Å². The maximum atomic E-state index is 12.5. The van der Waals surface area contributed by atoms with Crippen LogP contribution in [0.1, 0.15) is 21.5 Å². The Morgan fingerprint density at radius 3 is 2.40 bits per heavy atom. The molecule has 148 valence electrons. The first-order chi connectivity index (χ1) is 14.7. The summed E-state index contributed by atoms with van der Waals surface area (Å²) in [6.45, 7) is 0.547. The summed E-state index contributed by atoms with van der Waals surface area (Å²) in [5.41, 5.74) is 10.7. The van der Waals surface area contributed by atoms with Gasteiger partial charge in [0.05, 0.1) is 11.4 Å². The number of para-hydroxylation sites is 1. The fraction of sp³-hybridized carbons (Fsp3) is 0.0833. The smallest absolute Gasteiger partial charge is 0.223 e. The number of hydrogen-bond acceptors (Lipinski definition) is 6. The summed E-state index contributed by atoms with van der Waals surface area (Å²) < 4.78 is 0. The average molecular weight is 395 g/mol. The van der Waals surface area contributed by atoms with Gasteiger partial charge in [-0.15, -0.1) is 0 Å². The minimum atomic E-state index is 0.0406. The molecule has 2 aromatic heterocycles. The molecule has 0 saturated carbocycles. The van der Waals surface area contributed by atoms with Gasteiger partial charge < -0.3 is 11.1 Å². The zero-order chi connectivity index (χ0) is 20.8. The monoisotopic (exact) mass is 395 g/mol. The molecule has 2 aromatic carbocycles. The minimum Gasteiger partial charge on any atom is -0.398 e. The van der Waals surface area contributed by atoms with Crippen molar-refractivity contribution in [2.45, 2.75) is 13.0 Å². The molecule has 4 rings (SSSR count). The van der Waals surface area contributed by atoms with Gasteiger partial charge in [0.25, 0.3) is 0 Å². The van der Waals surface area contributed by atoms with E-state index in [2.05, 4.69) is 20.3 Å². The summed E-state index contributed by atoms with van der Waals surface area (Å²) in [4.78, 5) is 25.6. The van der Waals surface area contributed by atoms with Crippen molar-refractivity contribution in [3.05, 3.63) is 102 Å². The molecule has 0 atom stereocenters. The summed E-state index contributed by atoms with van der Waals surface area (Å²) in [7, 11) is 0. The number of anilines is 2. The first-order valence-corrected chi connectivity index (χ1v) is 9.63. The predicted molar refractivity (Wildman–Crippen MR) is 118 cm³/mol. The number of nitrogens with zero attached hydrogens (tertiary/aromatic N) is 3. The van der Waals surface area contributed by atoms with Gasteiger partial charge in [0.1, 0.15) is 0 Å². The normalized spacial score (nSPS) is 10.5. The van der Waals surface area contributed by atoms with Crippen LogP contribution >= 0.6 is 0 Å². The van der Waals surface area contributed by atoms with Gasteiger partial charge in [-0.25, -0.2) is 9.97 Å². The molecule has 0 unspecified atom stereocenters. The zero-order valence-electron chi connectivity index (χ0n) is 16.3. The number of nitrogens with two attached hydrogens (primary N) is 1. The molecule has 0 spiro atoms. The molecule has 3 N–H and O–H groups in total. The van der Waals surface area contributed by atoms with Crippen LogP contribution in [0.25, 0.3) is 11.4 Å². The van der Waals surface area contributed by atoms with Crippen LogP contribution in [0.3, 0.4) is 0 Å². The third kappa shape index (κ3) is 4.67. The topological polar surface area (TPSA) is 93.8 Å². The van der Waals surface area contributed by atoms with Crippen molar-refractivity contribution < 1.29 is 4.79 Å². The summed E-state index contributed by atoms with van der Waals surface area (Å²) in [5, 5.41) is 3.22. The molecule has 6 nitrogen and oxygen atoms in total. The van der Waals surface area contributed by atoms with Crippen molar-refractivity contribution in [3.8, 4) is 11.4 Å². The molecule has 0 radical (unpaired) electrons. The van der Waals surface area contributed by atoms with E-state index in [-0.39, 0.29) is 5.78 Å². The lowest BCUT2D eigenvalue weighted by Gasteiger charge is -2.08. The van der Waals surface area contributed by atoms with Gasteiger partial charge in [-0.1, -0.05) is 48.5 Å². The maximum absolute atomic E-state index is 12.5. The van der Waals surface area contributed by atoms with E-state index in [0.717, 1.165) is 22.5 Å². The number of pyridine rings is 1. The Bertz CT molecular complexity index is 1140. The molecule has 0 fully saturated rings. The molecule has 0 bridgehead atoms. The summed E-state index contributed by atoms with van der Waals surface area (Å²) in [5.74, 6) is 0.566. The number of nitrogens with one attached hydrogen (secondary N) is 1. The second kappa shape index (κ2) is 8.96. The maximum Gasteiger partial charge on any atom is 0.223 e. The van der Waals surface area contributed by atoms with Crippen LogP contribution in [0.4, 0.5) is 11.6 Å². The molecule has 2 heterocycles. The van der Waals surface area contributed by atoms with E-state index >= 15 is 0 Å². The number of carbonyl (C=O) groups excluding carboxylic acids is 1. The Morgan fingerprint density at radius 2 is 1.63 bits per heavy atom. The first-order valence-electron chi connectivity index (χ1n) is 9.63. The van der Waals surface area contributed by atoms with Crippen LogP contribution in [-0.4, -0.2) is 20.7 Å². The van der Waals surface area contributed by atoms with E-state index in [4.69, 9.17) is 5.73 Å². The molecular weight excluding hydrogens is 374 g/mol. The highest BCUT2D eigenvalue weighted by Gasteiger charge is 2.09. The van der Waals surface area contributed by atoms with Crippen LogP contribution < -0.4 is 11.1 Å². The fourth-order valence-corrected chi connectivity index (χ4v) is 3.06. The van der Waals surface area contributed by atoms with E-state index in [9.17, 15) is 4.79 Å². The molecule has 30 heavy (non-hydrogen) atoms. The molecule has 0 saturated heterocycles. The predicted octanol–water partition coefficient (Wildman–Crippen LogP) is 4.16. The highest BCUT2D eigenvalue weighted by molar-refractivity contribution is 5.98. The number of benzene rings is 2. The molecule has 0 aliphatic carbocycles. The summed E-state index contributed by atoms with van der Waals surface area (Å²) >= 11 is 0. The van der Waals surface area contributed by atoms with Gasteiger partial charge in [0, 0.05) is 36.6 Å². The average Bonchev–Trinajstić information content (AvgIpc) is 2.80. The van der Waals surface area contributed by atoms with Crippen molar-refractivity contribution in [2.75, 3.05) is 11.1 Å². The zero-order valence-corrected chi connectivity index (χ0v) is 16.3. The SMILES string of the molecule is Nc1ccccc1CC(=O)c1ccc(CNc2nccc(-c3ccccn3)n2)cc1. The Hall–Kier alpha value is -4.06. The second-order valence-electron chi connectivity index (χ2n) is 6.83. The lowest BCUT2D eigenvalue weighted by molar-refractivity contribution is 0.0993. The Labute approximate surface area is 174 Å². The first kappa shape index (κ1) is 19.3. The quantitative estimate of drug-likeness (QED) is 0.360. The standard InChI is InChI=1S/C24H21N5O/c25-20-6-2-1-5-19(20)15-23(30)18-10-8-17(9-11-18)16-28-24-27-14-12-22(29-24)21-7-3-4-13-26-21/h1-14H,15-16,25H2,(H,27,28,29). The molecule has 0 aliphatic rings. The number of nitrogen functional groups attached to an aromatic ring is 1. The Kier molecular flexibility index (Phi) is 5.75. The van der Waals surface area contributed by atoms with E-state index in [1.807, 2.05) is 72.8 Å². The Morgan fingerprint density at radius 1 is 0.833 bits per heavy atom. The van der Waals surface area contributed by atoms with Crippen LogP contribution in [0.15, 0.2) is 85.2 Å². The largest absolute Gasteiger partial charge is 0.398 e. The minimum absolute atomic E-state index is 0.0406. The van der Waals surface area contributed by atoms with Gasteiger partial charge in [0.2, 0.25) is 5.95 Å². The second-order valence-corrected chi connectivity index (χ2v) is 6.83. The highest BCUT2D eigenvalue weighted by Crippen LogP contribution is 2.16. The molecular formula is C24H21N5O. The van der Waals surface area contributed by atoms with E-state index in [1.54, 1.807) is 12.4 Å². The van der Waals surface area contributed by atoms with Gasteiger partial charge in [-0.3, -0.25) is 9.78 Å². The van der Waals surface area contributed by atoms with E-state index < -0.39 is 0 Å². The van der Waals surface area contributed by atoms with Gasteiger partial charge in [-0.05, 0) is 35.4 Å². The molecule has 0 aliphatic heterocycles. The van der Waals surface area contributed by atoms with Crippen LogP contribution in [0.2, 0.25) is 0 Å². The van der Waals surface area contributed by atoms with Crippen molar-refractivity contribution in [1.29, 1.82) is 0 Å². The number of aromatic nitrogens is 3. The number of rotatable bonds is 7. The molecule has 4 aromatic rings.